The number of phenols is 1. The number of terminal acetylenes is 1. The number of ether oxygens (including phenoxy) is 1. The molecule has 0 heterocycles. The molecule has 0 fully saturated rings. The molecular weight excluding hydrogens is 767 g/mol. The molecule has 0 spiro atoms. The molecule has 5 rings (SSSR count). The van der Waals surface area contributed by atoms with E-state index in [0.717, 1.165) is 59.7 Å². The standard InChI is InChI=1S/C36H37GeNO2.C7H14.C7H12.C2H6.C2H2/c1-27-5-11-30(12-6-27)37(3,26-25-29-9-23-36(40-4)24-10-29)31-13-17-33(18-14-31)38(32-15-7-28(2)8-16-32)34-19-21-35(39)22-20-34;2*1-4-5-6-7(2)3;2*1-2/h5-24,39H,25-26H2,1-4H3;4,7H,1,5-6H2,2-3H3;4H,1-2,5-6H2,3H3;1-2H3;1-2H. The fourth-order valence-corrected chi connectivity index (χ4v) is 13.4. The van der Waals surface area contributed by atoms with Crippen LogP contribution in [0, 0.1) is 32.6 Å². The van der Waals surface area contributed by atoms with Crippen molar-refractivity contribution in [1.29, 1.82) is 0 Å². The van der Waals surface area contributed by atoms with Crippen molar-refractivity contribution in [3.8, 4) is 24.3 Å². The number of aromatic hydroxyl groups is 1. The Morgan fingerprint density at radius 2 is 1.12 bits per heavy atom. The summed E-state index contributed by atoms with van der Waals surface area (Å²) in [6.45, 7) is 25.7. The van der Waals surface area contributed by atoms with Crippen molar-refractivity contribution in [2.45, 2.75) is 91.6 Å². The summed E-state index contributed by atoms with van der Waals surface area (Å²) < 4.78 is 8.33. The monoisotopic (exact) mass is 839 g/mol. The SMILES string of the molecule is C#C.C=CCCC(=C)C.C=CCCC(C)C.CC.COc1ccc(C[CH2][Ge]([CH3])([c]2ccc(C)cc2)[c]2ccc(N(c3ccc(C)cc3)c3ccc(O)cc3)cc2)cc1. The second-order valence-electron chi connectivity index (χ2n) is 14.8. The molecule has 0 saturated heterocycles. The van der Waals surface area contributed by atoms with Gasteiger partial charge in [0.1, 0.15) is 0 Å². The number of benzene rings is 5. The predicted octanol–water partition coefficient (Wildman–Crippen LogP) is 14.3. The van der Waals surface area contributed by atoms with Crippen LogP contribution in [0.4, 0.5) is 17.1 Å². The van der Waals surface area contributed by atoms with Gasteiger partial charge in [-0.2, -0.15) is 0 Å². The van der Waals surface area contributed by atoms with E-state index >= 15 is 0 Å². The van der Waals surface area contributed by atoms with Crippen molar-refractivity contribution in [2.24, 2.45) is 5.92 Å². The zero-order chi connectivity index (χ0) is 43.5. The molecule has 0 radical (unpaired) electrons. The third kappa shape index (κ3) is 17.5. The number of aryl methyl sites for hydroxylation is 3. The number of hydrogen-bond acceptors (Lipinski definition) is 3. The number of phenolic OH excluding ortho intramolecular Hbond substituents is 1. The van der Waals surface area contributed by atoms with Gasteiger partial charge < -0.3 is 0 Å². The molecule has 1 atom stereocenters. The zero-order valence-electron chi connectivity index (χ0n) is 37.1. The Morgan fingerprint density at radius 3 is 1.50 bits per heavy atom. The third-order valence-electron chi connectivity index (χ3n) is 9.65. The first-order chi connectivity index (χ1) is 27.9. The first-order valence-electron chi connectivity index (χ1n) is 20.6. The van der Waals surface area contributed by atoms with Gasteiger partial charge >= 0.3 is 242 Å². The molecule has 58 heavy (non-hydrogen) atoms. The van der Waals surface area contributed by atoms with Crippen LogP contribution < -0.4 is 18.4 Å². The van der Waals surface area contributed by atoms with Gasteiger partial charge in [-0.15, -0.1) is 32.6 Å². The van der Waals surface area contributed by atoms with Gasteiger partial charge in [0.15, 0.2) is 0 Å². The molecule has 1 unspecified atom stereocenters. The summed E-state index contributed by atoms with van der Waals surface area (Å²) in [5, 5.41) is 11.1. The molecule has 0 bridgehead atoms. The van der Waals surface area contributed by atoms with Crippen LogP contribution in [-0.2, 0) is 6.42 Å². The fourth-order valence-electron chi connectivity index (χ4n) is 6.08. The van der Waals surface area contributed by atoms with Gasteiger partial charge in [-0.1, -0.05) is 45.4 Å². The molecule has 5 aromatic carbocycles. The summed E-state index contributed by atoms with van der Waals surface area (Å²) in [6.07, 6.45) is 17.5. The summed E-state index contributed by atoms with van der Waals surface area (Å²) in [5.41, 5.74) is 8.30. The van der Waals surface area contributed by atoms with E-state index in [-0.39, 0.29) is 5.75 Å². The Bertz CT molecular complexity index is 1840. The van der Waals surface area contributed by atoms with E-state index in [1.54, 1.807) is 19.2 Å². The molecular formula is C54H71GeNO2. The number of allylic oxidation sites excluding steroid dienone is 3. The van der Waals surface area contributed by atoms with Gasteiger partial charge in [0.2, 0.25) is 0 Å². The number of nitrogens with zero attached hydrogens (tertiary/aromatic N) is 1. The van der Waals surface area contributed by atoms with Crippen LogP contribution in [0.5, 0.6) is 11.5 Å². The van der Waals surface area contributed by atoms with Gasteiger partial charge in [-0.25, -0.2) is 0 Å². The van der Waals surface area contributed by atoms with E-state index in [2.05, 4.69) is 168 Å². The summed E-state index contributed by atoms with van der Waals surface area (Å²) in [6, 6.07) is 42.9. The van der Waals surface area contributed by atoms with Crippen LogP contribution >= 0.6 is 0 Å². The van der Waals surface area contributed by atoms with E-state index in [9.17, 15) is 5.11 Å². The maximum absolute atomic E-state index is 9.91. The molecule has 1 N–H and O–H groups in total. The summed E-state index contributed by atoms with van der Waals surface area (Å²) in [7, 11) is 1.71. The molecule has 0 aliphatic rings. The summed E-state index contributed by atoms with van der Waals surface area (Å²) >= 11 is -2.70. The topological polar surface area (TPSA) is 32.7 Å². The third-order valence-corrected chi connectivity index (χ3v) is 19.0. The summed E-state index contributed by atoms with van der Waals surface area (Å²) in [4.78, 5) is 2.25. The van der Waals surface area contributed by atoms with Crippen LogP contribution in [0.15, 0.2) is 159 Å². The summed E-state index contributed by atoms with van der Waals surface area (Å²) in [5.74, 6) is 4.54. The van der Waals surface area contributed by atoms with Gasteiger partial charge in [0.25, 0.3) is 0 Å². The first-order valence-corrected chi connectivity index (χ1v) is 26.2. The van der Waals surface area contributed by atoms with E-state index < -0.39 is 13.3 Å². The van der Waals surface area contributed by atoms with Gasteiger partial charge in [0.05, 0.1) is 0 Å². The quantitative estimate of drug-likeness (QED) is 0.0648. The van der Waals surface area contributed by atoms with Crippen molar-refractivity contribution in [2.75, 3.05) is 12.0 Å². The van der Waals surface area contributed by atoms with Crippen molar-refractivity contribution < 1.29 is 9.84 Å². The molecule has 0 amide bonds. The van der Waals surface area contributed by atoms with Crippen LogP contribution in [0.3, 0.4) is 0 Å². The fraction of sp³-hybridized carbons (Fsp3) is 0.296. The molecule has 5 aromatic rings. The minimum atomic E-state index is -2.70. The molecule has 0 aromatic heterocycles. The Morgan fingerprint density at radius 1 is 0.707 bits per heavy atom. The Balaban J connectivity index is 0.000000787. The Labute approximate surface area is 356 Å². The van der Waals surface area contributed by atoms with E-state index in [1.165, 1.54) is 37.5 Å². The first kappa shape index (κ1) is 50.8. The molecule has 4 heteroatoms. The van der Waals surface area contributed by atoms with Crippen molar-refractivity contribution in [3.63, 3.8) is 0 Å². The number of hydrogen-bond donors (Lipinski definition) is 1. The minimum absolute atomic E-state index is 0.266. The second kappa shape index (κ2) is 28.3. The normalized spacial score (nSPS) is 10.9. The van der Waals surface area contributed by atoms with Crippen LogP contribution in [-0.4, -0.2) is 25.5 Å². The van der Waals surface area contributed by atoms with Crippen LogP contribution in [0.2, 0.25) is 11.0 Å². The molecule has 3 nitrogen and oxygen atoms in total. The number of rotatable bonds is 15. The van der Waals surface area contributed by atoms with E-state index in [1.807, 2.05) is 45.1 Å². The Kier molecular flexibility index (Phi) is 24.8. The second-order valence-corrected chi connectivity index (χ2v) is 23.9. The molecule has 0 aliphatic carbocycles. The van der Waals surface area contributed by atoms with Gasteiger partial charge in [-0.3, -0.25) is 0 Å². The van der Waals surface area contributed by atoms with Crippen molar-refractivity contribution in [1.82, 2.24) is 0 Å². The predicted molar refractivity (Wildman–Crippen MR) is 261 cm³/mol. The molecule has 0 aliphatic heterocycles. The molecule has 0 saturated carbocycles. The van der Waals surface area contributed by atoms with Gasteiger partial charge in [-0.05, 0) is 38.5 Å². The van der Waals surface area contributed by atoms with Crippen LogP contribution in [0.1, 0.15) is 77.0 Å². The van der Waals surface area contributed by atoms with Gasteiger partial charge in [0, 0.05) is 0 Å². The average molecular weight is 839 g/mol. The zero-order valence-corrected chi connectivity index (χ0v) is 39.2. The number of anilines is 3. The van der Waals surface area contributed by atoms with E-state index in [0.29, 0.717) is 0 Å². The van der Waals surface area contributed by atoms with Crippen molar-refractivity contribution in [3.05, 3.63) is 175 Å². The van der Waals surface area contributed by atoms with Crippen LogP contribution in [0.25, 0.3) is 0 Å². The Hall–Kier alpha value is -5.18. The van der Waals surface area contributed by atoms with Crippen molar-refractivity contribution >= 4 is 39.1 Å². The number of methoxy groups -OCH3 is 1. The maximum atomic E-state index is 9.91. The van der Waals surface area contributed by atoms with E-state index in [4.69, 9.17) is 4.74 Å². The average Bonchev–Trinajstić information content (AvgIpc) is 3.25. The molecule has 308 valence electrons.